The predicted molar refractivity (Wildman–Crippen MR) is 141 cm³/mol. The van der Waals surface area contributed by atoms with Gasteiger partial charge in [-0.2, -0.15) is 96.1 Å². The molecule has 1 heteroatoms. The average molecular weight is 469 g/mol. The summed E-state index contributed by atoms with van der Waals surface area (Å²) in [7, 11) is 0. The zero-order valence-corrected chi connectivity index (χ0v) is 21.7. The van der Waals surface area contributed by atoms with Crippen LogP contribution in [0.2, 0.25) is 0 Å². The number of rotatable bonds is 0. The summed E-state index contributed by atoms with van der Waals surface area (Å²) < 4.78 is 0. The van der Waals surface area contributed by atoms with Gasteiger partial charge in [0.15, 0.2) is 0 Å². The molecule has 0 amide bonds. The number of benzene rings is 3. The summed E-state index contributed by atoms with van der Waals surface area (Å²) in [5.74, 6) is 0. The van der Waals surface area contributed by atoms with E-state index in [2.05, 4.69) is 40.7 Å². The molecule has 168 valence electrons. The molecule has 0 N–H and O–H groups in total. The molecule has 0 spiro atoms. The van der Waals surface area contributed by atoms with Crippen LogP contribution in [-0.2, 0) is 34.6 Å². The minimum Gasteiger partial charge on any atom is -0.207 e. The maximum absolute atomic E-state index is 3.72. The van der Waals surface area contributed by atoms with Crippen molar-refractivity contribution in [1.29, 1.82) is 0 Å². The van der Waals surface area contributed by atoms with Gasteiger partial charge < -0.3 is 0 Å². The van der Waals surface area contributed by atoms with Crippen molar-refractivity contribution in [1.82, 2.24) is 0 Å². The zero-order valence-electron chi connectivity index (χ0n) is 20.2. The van der Waals surface area contributed by atoms with E-state index < -0.39 is 0 Å². The van der Waals surface area contributed by atoms with Crippen LogP contribution in [0.1, 0.15) is 51.8 Å². The van der Waals surface area contributed by atoms with E-state index in [1.165, 1.54) is 31.2 Å². The van der Waals surface area contributed by atoms with Gasteiger partial charge in [-0.15, -0.1) is 36.4 Å². The molecule has 4 aromatic carbocycles. The molecule has 0 nitrogen and oxygen atoms in total. The predicted octanol–water partition coefficient (Wildman–Crippen LogP) is 8.51. The van der Waals surface area contributed by atoms with Crippen LogP contribution in [0.5, 0.6) is 0 Å². The van der Waals surface area contributed by atoms with Crippen molar-refractivity contribution in [2.75, 3.05) is 0 Å². The third-order valence-electron chi connectivity index (χ3n) is 5.47. The number of hydrogen-bond acceptors (Lipinski definition) is 0. The minimum absolute atomic E-state index is 0. The van der Waals surface area contributed by atoms with E-state index in [1.807, 2.05) is 91.0 Å². The van der Waals surface area contributed by atoms with Crippen LogP contribution >= 0.6 is 0 Å². The Hall–Kier alpha value is -2.67. The number of aryl methyl sites for hydroxylation is 2. The van der Waals surface area contributed by atoms with Crippen LogP contribution in [0.3, 0.4) is 0 Å². The molecule has 1 aliphatic rings. The zero-order chi connectivity index (χ0) is 23.2. The van der Waals surface area contributed by atoms with Crippen LogP contribution < -0.4 is 0 Å². The van der Waals surface area contributed by atoms with Gasteiger partial charge in [0.2, 0.25) is 0 Å². The molecule has 5 rings (SSSR count). The van der Waals surface area contributed by atoms with E-state index in [-0.39, 0.29) is 21.7 Å². The molecule has 1 aliphatic carbocycles. The molecule has 0 atom stereocenters. The van der Waals surface area contributed by atoms with Gasteiger partial charge in [0, 0.05) is 0 Å². The molecular weight excluding hydrogens is 432 g/mol. The number of fused-ring (bicyclic) bond motifs is 1. The minimum atomic E-state index is 0. The Bertz CT molecular complexity index is 909. The second-order valence-electron chi connectivity index (χ2n) is 8.12. The van der Waals surface area contributed by atoms with Crippen molar-refractivity contribution in [2.24, 2.45) is 0 Å². The second kappa shape index (κ2) is 16.0. The van der Waals surface area contributed by atoms with E-state index in [0.717, 1.165) is 16.7 Å². The Morgan fingerprint density at radius 1 is 0.606 bits per heavy atom. The summed E-state index contributed by atoms with van der Waals surface area (Å²) in [6.07, 6.45) is 5.45. The molecule has 0 saturated carbocycles. The third kappa shape index (κ3) is 11.2. The summed E-state index contributed by atoms with van der Waals surface area (Å²) >= 11 is 0. The van der Waals surface area contributed by atoms with E-state index in [9.17, 15) is 0 Å². The summed E-state index contributed by atoms with van der Waals surface area (Å²) in [6, 6.07) is 32.0. The summed E-state index contributed by atoms with van der Waals surface area (Å²) in [6.45, 7) is 15.7. The van der Waals surface area contributed by atoms with Crippen molar-refractivity contribution >= 4 is 0 Å². The fourth-order valence-corrected chi connectivity index (χ4v) is 3.56. The molecule has 0 aliphatic heterocycles. The van der Waals surface area contributed by atoms with Gasteiger partial charge in [-0.05, 0) is 0 Å². The first-order chi connectivity index (χ1) is 15.5. The largest absolute Gasteiger partial charge is 4.00 e. The summed E-state index contributed by atoms with van der Waals surface area (Å²) in [5.41, 5.74) is 9.56. The first-order valence-corrected chi connectivity index (χ1v) is 11.3. The molecule has 0 fully saturated rings. The van der Waals surface area contributed by atoms with Gasteiger partial charge in [0.05, 0.1) is 0 Å². The van der Waals surface area contributed by atoms with Crippen molar-refractivity contribution in [3.63, 3.8) is 0 Å². The van der Waals surface area contributed by atoms with Gasteiger partial charge in [-0.25, -0.2) is 6.07 Å². The molecule has 0 aromatic heterocycles. The molecule has 0 saturated heterocycles. The van der Waals surface area contributed by atoms with Crippen LogP contribution in [0, 0.1) is 34.6 Å². The molecule has 0 unspecified atom stereocenters. The van der Waals surface area contributed by atoms with Crippen LogP contribution in [0.4, 0.5) is 0 Å². The van der Waals surface area contributed by atoms with E-state index in [0.29, 0.717) is 0 Å². The van der Waals surface area contributed by atoms with Crippen LogP contribution in [0.15, 0.2) is 97.1 Å². The summed E-state index contributed by atoms with van der Waals surface area (Å²) in [4.78, 5) is 0. The first-order valence-electron chi connectivity index (χ1n) is 11.3. The first kappa shape index (κ1) is 28.4. The monoisotopic (exact) mass is 468 g/mol. The van der Waals surface area contributed by atoms with Crippen molar-refractivity contribution < 1.29 is 21.7 Å². The topological polar surface area (TPSA) is 0 Å². The number of hydrogen-bond donors (Lipinski definition) is 0. The van der Waals surface area contributed by atoms with Crippen molar-refractivity contribution in [2.45, 2.75) is 39.5 Å². The van der Waals surface area contributed by atoms with Crippen molar-refractivity contribution in [3.8, 4) is 0 Å². The Morgan fingerprint density at radius 2 is 0.970 bits per heavy atom. The molecule has 0 radical (unpaired) electrons. The Labute approximate surface area is 217 Å². The van der Waals surface area contributed by atoms with Gasteiger partial charge >= 0.3 is 21.7 Å². The maximum atomic E-state index is 3.72. The summed E-state index contributed by atoms with van der Waals surface area (Å²) in [5, 5.41) is 0. The van der Waals surface area contributed by atoms with Gasteiger partial charge in [-0.1, -0.05) is 57.7 Å². The van der Waals surface area contributed by atoms with Gasteiger partial charge in [0.1, 0.15) is 0 Å². The second-order valence-corrected chi connectivity index (χ2v) is 8.12. The van der Waals surface area contributed by atoms with Gasteiger partial charge in [0.25, 0.3) is 0 Å². The van der Waals surface area contributed by atoms with E-state index >= 15 is 0 Å². The van der Waals surface area contributed by atoms with E-state index in [4.69, 9.17) is 0 Å². The molecule has 0 bridgehead atoms. The SMILES string of the molecule is Cc1cc2c([c-]1C)CCCC2.[CH2-]c1ccccc1.[CH2-]c1ccccc1.[CH2-]c1ccccc1.[Ti+4]. The fourth-order valence-electron chi connectivity index (χ4n) is 3.56. The standard InChI is InChI=1S/C11H15.3C7H7.Ti/c1-8-7-10-5-3-4-6-11(10)9(8)2;3*1-7-5-3-2-4-6-7;/h7H,3-6H2,1-2H3;3*2-6H,1H2;/q4*-1;+4. The Balaban J connectivity index is 0.000000223. The Morgan fingerprint density at radius 3 is 1.27 bits per heavy atom. The molecule has 0 heterocycles. The normalized spacial score (nSPS) is 11.0. The van der Waals surface area contributed by atoms with E-state index in [1.54, 1.807) is 16.7 Å². The molecule has 4 aromatic rings. The molecular formula is C32H36Ti. The van der Waals surface area contributed by atoms with Crippen LogP contribution in [-0.4, -0.2) is 0 Å². The Kier molecular flexibility index (Phi) is 13.8. The van der Waals surface area contributed by atoms with Crippen LogP contribution in [0.25, 0.3) is 0 Å². The average Bonchev–Trinajstić information content (AvgIpc) is 3.10. The fraction of sp³-hybridized carbons (Fsp3) is 0.188. The van der Waals surface area contributed by atoms with Crippen molar-refractivity contribution in [3.05, 3.63) is 157 Å². The molecule has 33 heavy (non-hydrogen) atoms. The van der Waals surface area contributed by atoms with Gasteiger partial charge in [-0.3, -0.25) is 0 Å². The quantitative estimate of drug-likeness (QED) is 0.179. The maximum Gasteiger partial charge on any atom is 4.00 e. The third-order valence-corrected chi connectivity index (χ3v) is 5.47. The smallest absolute Gasteiger partial charge is 0.207 e.